The minimum atomic E-state index is -0.652. The molecule has 1 atom stereocenters. The molecule has 1 aromatic carbocycles. The third kappa shape index (κ3) is 5.49. The number of amides is 3. The average Bonchev–Trinajstić information content (AvgIpc) is 2.58. The summed E-state index contributed by atoms with van der Waals surface area (Å²) >= 11 is 1.28. The zero-order valence-corrected chi connectivity index (χ0v) is 14.7. The Morgan fingerprint density at radius 2 is 2.00 bits per heavy atom. The number of para-hydroxylation sites is 1. The Labute approximate surface area is 149 Å². The first-order valence-corrected chi connectivity index (χ1v) is 8.44. The summed E-state index contributed by atoms with van der Waals surface area (Å²) in [7, 11) is 3.14. The highest BCUT2D eigenvalue weighted by molar-refractivity contribution is 8.01. The van der Waals surface area contributed by atoms with E-state index in [0.717, 1.165) is 4.90 Å². The molecule has 0 radical (unpaired) electrons. The van der Waals surface area contributed by atoms with Crippen molar-refractivity contribution in [1.82, 2.24) is 10.2 Å². The van der Waals surface area contributed by atoms with Crippen LogP contribution in [0.1, 0.15) is 6.42 Å². The molecule has 1 aliphatic heterocycles. The van der Waals surface area contributed by atoms with Gasteiger partial charge in [-0.2, -0.15) is 0 Å². The molecule has 1 aromatic rings. The van der Waals surface area contributed by atoms with E-state index in [9.17, 15) is 19.2 Å². The molecular formula is C16H19N3O5S. The summed E-state index contributed by atoms with van der Waals surface area (Å²) in [6, 6.07) is 7.30. The third-order valence-electron chi connectivity index (χ3n) is 3.36. The van der Waals surface area contributed by atoms with Crippen molar-refractivity contribution in [2.45, 2.75) is 16.6 Å². The van der Waals surface area contributed by atoms with Crippen molar-refractivity contribution in [2.75, 3.05) is 32.6 Å². The van der Waals surface area contributed by atoms with Crippen LogP contribution in [0.2, 0.25) is 0 Å². The summed E-state index contributed by atoms with van der Waals surface area (Å²) in [6.45, 7) is -0.657. The van der Waals surface area contributed by atoms with Gasteiger partial charge in [0.1, 0.15) is 0 Å². The van der Waals surface area contributed by atoms with Crippen molar-refractivity contribution in [3.05, 3.63) is 24.3 Å². The van der Waals surface area contributed by atoms with Gasteiger partial charge in [0.25, 0.3) is 5.91 Å². The third-order valence-corrected chi connectivity index (χ3v) is 4.63. The van der Waals surface area contributed by atoms with Gasteiger partial charge < -0.3 is 20.3 Å². The fourth-order valence-electron chi connectivity index (χ4n) is 1.97. The monoisotopic (exact) mass is 365 g/mol. The van der Waals surface area contributed by atoms with Crippen LogP contribution in [0.4, 0.5) is 5.69 Å². The van der Waals surface area contributed by atoms with Gasteiger partial charge >= 0.3 is 5.97 Å². The van der Waals surface area contributed by atoms with E-state index < -0.39 is 23.7 Å². The number of carbonyl (C=O) groups excluding carboxylic acids is 4. The number of rotatable bonds is 6. The molecular weight excluding hydrogens is 346 g/mol. The van der Waals surface area contributed by atoms with Crippen LogP contribution in [0.3, 0.4) is 0 Å². The Morgan fingerprint density at radius 3 is 2.72 bits per heavy atom. The molecule has 3 amide bonds. The van der Waals surface area contributed by atoms with Crippen LogP contribution in [0.15, 0.2) is 29.2 Å². The minimum absolute atomic E-state index is 0.144. The van der Waals surface area contributed by atoms with Crippen LogP contribution >= 0.6 is 11.8 Å². The molecule has 2 N–H and O–H groups in total. The van der Waals surface area contributed by atoms with Crippen molar-refractivity contribution < 1.29 is 23.9 Å². The number of esters is 1. The fourth-order valence-corrected chi connectivity index (χ4v) is 3.06. The van der Waals surface area contributed by atoms with Crippen molar-refractivity contribution >= 4 is 41.1 Å². The highest BCUT2D eigenvalue weighted by Gasteiger charge is 2.29. The Bertz CT molecular complexity index is 692. The van der Waals surface area contributed by atoms with E-state index in [0.29, 0.717) is 5.69 Å². The van der Waals surface area contributed by atoms with Crippen molar-refractivity contribution in [3.8, 4) is 0 Å². The number of benzene rings is 1. The van der Waals surface area contributed by atoms with Gasteiger partial charge in [0, 0.05) is 19.0 Å². The van der Waals surface area contributed by atoms with Crippen LogP contribution in [-0.4, -0.2) is 61.1 Å². The highest BCUT2D eigenvalue weighted by atomic mass is 32.2. The van der Waals surface area contributed by atoms with Crippen molar-refractivity contribution in [2.24, 2.45) is 0 Å². The zero-order chi connectivity index (χ0) is 18.4. The minimum Gasteiger partial charge on any atom is -0.456 e. The lowest BCUT2D eigenvalue weighted by Crippen LogP contribution is -2.38. The normalized spacial score (nSPS) is 15.6. The maximum atomic E-state index is 12.0. The van der Waals surface area contributed by atoms with Gasteiger partial charge in [0.05, 0.1) is 23.9 Å². The number of ether oxygens (including phenoxy) is 1. The summed E-state index contributed by atoms with van der Waals surface area (Å²) in [6.07, 6.45) is -0.144. The van der Waals surface area contributed by atoms with Crippen molar-refractivity contribution in [3.63, 3.8) is 0 Å². The predicted octanol–water partition coefficient (Wildman–Crippen LogP) is 0.237. The summed E-state index contributed by atoms with van der Waals surface area (Å²) in [5, 5.41) is 4.48. The number of likely N-dealkylation sites (N-methyl/N-ethyl adjacent to an activating group) is 1. The molecule has 1 heterocycles. The Hall–Kier alpha value is -2.55. The maximum absolute atomic E-state index is 12.0. The summed E-state index contributed by atoms with van der Waals surface area (Å²) in [5.41, 5.74) is 0.715. The van der Waals surface area contributed by atoms with Crippen LogP contribution in [0.25, 0.3) is 0 Å². The number of anilines is 1. The first-order chi connectivity index (χ1) is 11.9. The Balaban J connectivity index is 1.76. The maximum Gasteiger partial charge on any atom is 0.307 e. The van der Waals surface area contributed by atoms with Crippen molar-refractivity contribution in [1.29, 1.82) is 0 Å². The van der Waals surface area contributed by atoms with Crippen LogP contribution in [-0.2, 0) is 23.9 Å². The standard InChI is InChI=1S/C16H19N3O5S/c1-19(2)14(21)8-17-13(20)9-24-15(22)7-12-16(23)18-10-5-3-4-6-11(10)25-12/h3-6,12H,7-9H2,1-2H3,(H,17,20)(H,18,23)/t12-/m0/s1. The van der Waals surface area contributed by atoms with E-state index in [1.54, 1.807) is 20.2 Å². The number of hydrogen-bond acceptors (Lipinski definition) is 6. The summed E-state index contributed by atoms with van der Waals surface area (Å²) in [4.78, 5) is 49.0. The Kier molecular flexibility index (Phi) is 6.40. The molecule has 25 heavy (non-hydrogen) atoms. The lowest BCUT2D eigenvalue weighted by atomic mass is 10.2. The average molecular weight is 365 g/mol. The van der Waals surface area contributed by atoms with E-state index >= 15 is 0 Å². The second-order valence-electron chi connectivity index (χ2n) is 5.52. The quantitative estimate of drug-likeness (QED) is 0.700. The Morgan fingerprint density at radius 1 is 1.28 bits per heavy atom. The lowest BCUT2D eigenvalue weighted by molar-refractivity contribution is -0.149. The predicted molar refractivity (Wildman–Crippen MR) is 92.0 cm³/mol. The molecule has 8 nitrogen and oxygen atoms in total. The highest BCUT2D eigenvalue weighted by Crippen LogP contribution is 2.36. The van der Waals surface area contributed by atoms with Gasteiger partial charge in [0.2, 0.25) is 11.8 Å². The largest absolute Gasteiger partial charge is 0.456 e. The SMILES string of the molecule is CN(C)C(=O)CNC(=O)COC(=O)C[C@@H]1Sc2ccccc2NC1=O. The molecule has 0 aromatic heterocycles. The zero-order valence-electron chi connectivity index (χ0n) is 13.9. The summed E-state index contributed by atoms with van der Waals surface area (Å²) in [5.74, 6) is -1.77. The summed E-state index contributed by atoms with van der Waals surface area (Å²) < 4.78 is 4.87. The first kappa shape index (κ1) is 18.8. The molecule has 0 saturated heterocycles. The van der Waals surface area contributed by atoms with Gasteiger partial charge in [-0.25, -0.2) is 0 Å². The second kappa shape index (κ2) is 8.52. The first-order valence-electron chi connectivity index (χ1n) is 7.56. The lowest BCUT2D eigenvalue weighted by Gasteiger charge is -2.23. The number of nitrogens with one attached hydrogen (secondary N) is 2. The molecule has 9 heteroatoms. The van der Waals surface area contributed by atoms with E-state index in [-0.39, 0.29) is 24.8 Å². The van der Waals surface area contributed by atoms with E-state index in [1.807, 2.05) is 18.2 Å². The van der Waals surface area contributed by atoms with Crippen LogP contribution in [0.5, 0.6) is 0 Å². The fraction of sp³-hybridized carbons (Fsp3) is 0.375. The number of hydrogen-bond donors (Lipinski definition) is 2. The number of fused-ring (bicyclic) bond motifs is 1. The smallest absolute Gasteiger partial charge is 0.307 e. The molecule has 0 fully saturated rings. The van der Waals surface area contributed by atoms with E-state index in [2.05, 4.69) is 10.6 Å². The topological polar surface area (TPSA) is 105 Å². The van der Waals surface area contributed by atoms with Crippen LogP contribution < -0.4 is 10.6 Å². The molecule has 0 spiro atoms. The number of nitrogens with zero attached hydrogens (tertiary/aromatic N) is 1. The molecule has 0 aliphatic carbocycles. The molecule has 0 bridgehead atoms. The van der Waals surface area contributed by atoms with Gasteiger partial charge in [-0.1, -0.05) is 12.1 Å². The van der Waals surface area contributed by atoms with Crippen LogP contribution in [0, 0.1) is 0 Å². The van der Waals surface area contributed by atoms with Gasteiger partial charge in [-0.05, 0) is 12.1 Å². The van der Waals surface area contributed by atoms with Gasteiger partial charge in [0.15, 0.2) is 6.61 Å². The molecule has 1 aliphatic rings. The molecule has 134 valence electrons. The van der Waals surface area contributed by atoms with E-state index in [4.69, 9.17) is 4.74 Å². The van der Waals surface area contributed by atoms with E-state index in [1.165, 1.54) is 16.7 Å². The molecule has 2 rings (SSSR count). The van der Waals surface area contributed by atoms with Gasteiger partial charge in [-0.3, -0.25) is 19.2 Å². The number of thioether (sulfide) groups is 1. The van der Waals surface area contributed by atoms with Gasteiger partial charge in [-0.15, -0.1) is 11.8 Å². The molecule has 0 saturated carbocycles. The number of carbonyl (C=O) groups is 4. The second-order valence-corrected chi connectivity index (χ2v) is 6.77. The molecule has 0 unspecified atom stereocenters.